The molecule has 80 valence electrons. The molecule has 0 aliphatic rings. The van der Waals surface area contributed by atoms with Crippen molar-refractivity contribution in [2.45, 2.75) is 19.8 Å². The molecule has 0 fully saturated rings. The minimum atomic E-state index is 0.361. The van der Waals surface area contributed by atoms with E-state index in [1.54, 1.807) is 0 Å². The second-order valence-electron chi connectivity index (χ2n) is 3.85. The second-order valence-corrected chi connectivity index (χ2v) is 3.85. The summed E-state index contributed by atoms with van der Waals surface area (Å²) in [6.45, 7) is 2.03. The third-order valence-electron chi connectivity index (χ3n) is 2.84. The molecule has 0 aliphatic carbocycles. The van der Waals surface area contributed by atoms with Crippen LogP contribution >= 0.6 is 0 Å². The summed E-state index contributed by atoms with van der Waals surface area (Å²) in [7, 11) is 0. The fourth-order valence-electron chi connectivity index (χ4n) is 1.97. The van der Waals surface area contributed by atoms with E-state index in [1.807, 2.05) is 37.3 Å². The smallest absolute Gasteiger partial charge is 0.119 e. The third-order valence-corrected chi connectivity index (χ3v) is 2.84. The first kappa shape index (κ1) is 10.6. The van der Waals surface area contributed by atoms with E-state index in [1.165, 1.54) is 0 Å². The highest BCUT2D eigenvalue weighted by Crippen LogP contribution is 2.27. The van der Waals surface area contributed by atoms with Gasteiger partial charge in [0.2, 0.25) is 0 Å². The van der Waals surface area contributed by atoms with E-state index < -0.39 is 0 Å². The molecule has 0 heterocycles. The van der Waals surface area contributed by atoms with Crippen LogP contribution in [0.2, 0.25) is 0 Å². The number of hydrogen-bond acceptors (Lipinski definition) is 1. The number of rotatable bonds is 2. The van der Waals surface area contributed by atoms with Gasteiger partial charge in [-0.1, -0.05) is 25.1 Å². The van der Waals surface area contributed by atoms with E-state index in [2.05, 4.69) is 5.92 Å². The van der Waals surface area contributed by atoms with Crippen LogP contribution in [0.4, 0.5) is 0 Å². The fourth-order valence-corrected chi connectivity index (χ4v) is 1.97. The van der Waals surface area contributed by atoms with Crippen LogP contribution in [0, 0.1) is 12.3 Å². The van der Waals surface area contributed by atoms with Gasteiger partial charge in [0.15, 0.2) is 0 Å². The average Bonchev–Trinajstić information content (AvgIpc) is 2.29. The number of terminal acetylenes is 1. The fraction of sp³-hybridized carbons (Fsp3) is 0.200. The summed E-state index contributed by atoms with van der Waals surface area (Å²) in [6, 6.07) is 9.91. The highest BCUT2D eigenvalue weighted by Gasteiger charge is 2.05. The SMILES string of the molecule is C#CCc1cccc2cc(CC)c(O)cc12. The Labute approximate surface area is 95.7 Å². The van der Waals surface area contributed by atoms with Gasteiger partial charge in [0.25, 0.3) is 0 Å². The van der Waals surface area contributed by atoms with Crippen molar-refractivity contribution >= 4 is 10.8 Å². The monoisotopic (exact) mass is 210 g/mol. The van der Waals surface area contributed by atoms with Crippen molar-refractivity contribution in [2.75, 3.05) is 0 Å². The van der Waals surface area contributed by atoms with Gasteiger partial charge in [0, 0.05) is 6.42 Å². The van der Waals surface area contributed by atoms with Crippen molar-refractivity contribution in [2.24, 2.45) is 0 Å². The van der Waals surface area contributed by atoms with Crippen molar-refractivity contribution in [1.29, 1.82) is 0 Å². The second kappa shape index (κ2) is 4.28. The number of benzene rings is 2. The van der Waals surface area contributed by atoms with Crippen LogP contribution in [0.15, 0.2) is 30.3 Å². The number of fused-ring (bicyclic) bond motifs is 1. The first-order valence-corrected chi connectivity index (χ1v) is 5.43. The lowest BCUT2D eigenvalue weighted by Gasteiger charge is -2.07. The van der Waals surface area contributed by atoms with Crippen LogP contribution in [0.25, 0.3) is 10.8 Å². The molecule has 0 aliphatic heterocycles. The molecule has 1 nitrogen and oxygen atoms in total. The number of phenolic OH excluding ortho intramolecular Hbond substituents is 1. The summed E-state index contributed by atoms with van der Waals surface area (Å²) in [6.07, 6.45) is 6.77. The molecule has 1 heteroatoms. The van der Waals surface area contributed by atoms with Gasteiger partial charge in [-0.25, -0.2) is 0 Å². The lowest BCUT2D eigenvalue weighted by molar-refractivity contribution is 0.470. The van der Waals surface area contributed by atoms with Gasteiger partial charge in [0.05, 0.1) is 0 Å². The number of phenols is 1. The zero-order valence-corrected chi connectivity index (χ0v) is 9.33. The first-order valence-electron chi connectivity index (χ1n) is 5.43. The maximum Gasteiger partial charge on any atom is 0.119 e. The Morgan fingerprint density at radius 3 is 2.75 bits per heavy atom. The van der Waals surface area contributed by atoms with Crippen LogP contribution in [0.5, 0.6) is 5.75 Å². The molecule has 2 aromatic rings. The Morgan fingerprint density at radius 2 is 2.06 bits per heavy atom. The molecule has 16 heavy (non-hydrogen) atoms. The normalized spacial score (nSPS) is 10.2. The Hall–Kier alpha value is -1.94. The maximum atomic E-state index is 9.85. The third kappa shape index (κ3) is 1.75. The van der Waals surface area contributed by atoms with Crippen LogP contribution < -0.4 is 0 Å². The maximum absolute atomic E-state index is 9.85. The summed E-state index contributed by atoms with van der Waals surface area (Å²) in [5.41, 5.74) is 2.07. The zero-order valence-electron chi connectivity index (χ0n) is 9.33. The molecular formula is C15H14O. The predicted octanol–water partition coefficient (Wildman–Crippen LogP) is 3.28. The molecule has 0 saturated heterocycles. The lowest BCUT2D eigenvalue weighted by atomic mass is 9.99. The predicted molar refractivity (Wildman–Crippen MR) is 67.5 cm³/mol. The van der Waals surface area contributed by atoms with Gasteiger partial charge < -0.3 is 5.11 Å². The van der Waals surface area contributed by atoms with Crippen molar-refractivity contribution in [3.63, 3.8) is 0 Å². The number of aromatic hydroxyl groups is 1. The largest absolute Gasteiger partial charge is 0.508 e. The van der Waals surface area contributed by atoms with Crippen molar-refractivity contribution in [3.05, 3.63) is 41.5 Å². The van der Waals surface area contributed by atoms with Gasteiger partial charge in [-0.2, -0.15) is 0 Å². The molecule has 2 rings (SSSR count). The summed E-state index contributed by atoms with van der Waals surface area (Å²) >= 11 is 0. The summed E-state index contributed by atoms with van der Waals surface area (Å²) in [5, 5.41) is 12.0. The van der Waals surface area contributed by atoms with E-state index in [-0.39, 0.29) is 0 Å². The first-order chi connectivity index (χ1) is 7.76. The number of aryl methyl sites for hydroxylation is 1. The highest BCUT2D eigenvalue weighted by molar-refractivity contribution is 5.88. The molecule has 0 atom stereocenters. The quantitative estimate of drug-likeness (QED) is 0.754. The molecule has 0 radical (unpaired) electrons. The van der Waals surface area contributed by atoms with Gasteiger partial charge in [0.1, 0.15) is 5.75 Å². The van der Waals surface area contributed by atoms with Crippen LogP contribution in [-0.4, -0.2) is 5.11 Å². The lowest BCUT2D eigenvalue weighted by Crippen LogP contribution is -1.88. The topological polar surface area (TPSA) is 20.2 Å². The molecule has 0 unspecified atom stereocenters. The Morgan fingerprint density at radius 1 is 1.25 bits per heavy atom. The van der Waals surface area contributed by atoms with E-state index in [9.17, 15) is 5.11 Å². The summed E-state index contributed by atoms with van der Waals surface area (Å²) in [5.74, 6) is 3.00. The summed E-state index contributed by atoms with van der Waals surface area (Å²) in [4.78, 5) is 0. The van der Waals surface area contributed by atoms with Crippen LogP contribution in [0.3, 0.4) is 0 Å². The van der Waals surface area contributed by atoms with E-state index in [4.69, 9.17) is 6.42 Å². The molecule has 2 aromatic carbocycles. The molecule has 0 bridgehead atoms. The van der Waals surface area contributed by atoms with Crippen LogP contribution in [-0.2, 0) is 12.8 Å². The number of hydrogen-bond donors (Lipinski definition) is 1. The van der Waals surface area contributed by atoms with Crippen LogP contribution in [0.1, 0.15) is 18.1 Å². The minimum Gasteiger partial charge on any atom is -0.508 e. The molecule has 1 N–H and O–H groups in total. The Kier molecular flexibility index (Phi) is 2.83. The molecule has 0 spiro atoms. The average molecular weight is 210 g/mol. The molecule has 0 amide bonds. The molecule has 0 saturated carbocycles. The van der Waals surface area contributed by atoms with Gasteiger partial charge >= 0.3 is 0 Å². The van der Waals surface area contributed by atoms with Crippen molar-refractivity contribution < 1.29 is 5.11 Å². The standard InChI is InChI=1S/C15H14O/c1-3-6-12-7-5-8-13-9-11(4-2)15(16)10-14(12)13/h1,5,7-10,16H,4,6H2,2H3. The van der Waals surface area contributed by atoms with E-state index >= 15 is 0 Å². The van der Waals surface area contributed by atoms with E-state index in [0.717, 1.165) is 28.3 Å². The highest BCUT2D eigenvalue weighted by atomic mass is 16.3. The van der Waals surface area contributed by atoms with Crippen molar-refractivity contribution in [1.82, 2.24) is 0 Å². The minimum absolute atomic E-state index is 0.361. The Bertz CT molecular complexity index is 561. The zero-order chi connectivity index (χ0) is 11.5. The molecule has 0 aromatic heterocycles. The van der Waals surface area contributed by atoms with Gasteiger partial charge in [-0.05, 0) is 40.5 Å². The summed E-state index contributed by atoms with van der Waals surface area (Å²) < 4.78 is 0. The van der Waals surface area contributed by atoms with Gasteiger partial charge in [-0.3, -0.25) is 0 Å². The van der Waals surface area contributed by atoms with E-state index in [0.29, 0.717) is 12.2 Å². The Balaban J connectivity index is 2.70. The molecular weight excluding hydrogens is 196 g/mol. The van der Waals surface area contributed by atoms with Gasteiger partial charge in [-0.15, -0.1) is 12.3 Å². The van der Waals surface area contributed by atoms with Crippen molar-refractivity contribution in [3.8, 4) is 18.1 Å².